The number of H-pyrrole nitrogens is 1. The van der Waals surface area contributed by atoms with Crippen LogP contribution in [0.15, 0.2) is 35.5 Å². The maximum atomic E-state index is 12.9. The number of halogens is 3. The van der Waals surface area contributed by atoms with Crippen molar-refractivity contribution in [3.63, 3.8) is 0 Å². The highest BCUT2D eigenvalue weighted by molar-refractivity contribution is 5.83. The summed E-state index contributed by atoms with van der Waals surface area (Å²) in [4.78, 5) is 34.6. The van der Waals surface area contributed by atoms with Gasteiger partial charge in [0.2, 0.25) is 5.91 Å². The predicted molar refractivity (Wildman–Crippen MR) is 96.0 cm³/mol. The highest BCUT2D eigenvalue weighted by Crippen LogP contribution is 2.29. The number of primary amides is 1. The van der Waals surface area contributed by atoms with Crippen LogP contribution in [0, 0.1) is 11.3 Å². The highest BCUT2D eigenvalue weighted by Gasteiger charge is 2.37. The van der Waals surface area contributed by atoms with Crippen molar-refractivity contribution in [2.45, 2.75) is 18.6 Å². The number of imidazole rings is 1. The van der Waals surface area contributed by atoms with Gasteiger partial charge in [-0.3, -0.25) is 9.36 Å². The second-order valence-electron chi connectivity index (χ2n) is 6.38. The number of nitrogens with two attached hydrogens (primary N) is 1. The molecule has 0 aliphatic heterocycles. The summed E-state index contributed by atoms with van der Waals surface area (Å²) in [6, 6.07) is 3.09. The molecule has 4 heterocycles. The van der Waals surface area contributed by atoms with Crippen molar-refractivity contribution >= 4 is 22.6 Å². The molecule has 0 radical (unpaired) electrons. The summed E-state index contributed by atoms with van der Waals surface area (Å²) in [6.45, 7) is 0. The van der Waals surface area contributed by atoms with Gasteiger partial charge in [-0.15, -0.1) is 0 Å². The van der Waals surface area contributed by atoms with Gasteiger partial charge in [-0.25, -0.2) is 19.3 Å². The van der Waals surface area contributed by atoms with E-state index in [0.29, 0.717) is 21.2 Å². The first-order valence-electron chi connectivity index (χ1n) is 8.39. The second-order valence-corrected chi connectivity index (χ2v) is 6.38. The number of nitriles is 1. The minimum Gasteiger partial charge on any atom is -0.368 e. The van der Waals surface area contributed by atoms with Crippen LogP contribution >= 0.6 is 0 Å². The van der Waals surface area contributed by atoms with Crippen molar-refractivity contribution in [3.8, 4) is 17.5 Å². The summed E-state index contributed by atoms with van der Waals surface area (Å²) in [5.41, 5.74) is 5.18. The van der Waals surface area contributed by atoms with E-state index in [1.165, 1.54) is 23.0 Å². The van der Waals surface area contributed by atoms with Crippen molar-refractivity contribution in [2.75, 3.05) is 0 Å². The van der Waals surface area contributed by atoms with Gasteiger partial charge in [-0.1, -0.05) is 0 Å². The number of rotatable bonds is 4. The number of hydrogen-bond acceptors (Lipinski definition) is 6. The minimum atomic E-state index is -4.74. The first kappa shape index (κ1) is 19.1. The van der Waals surface area contributed by atoms with Crippen molar-refractivity contribution in [1.29, 1.82) is 5.26 Å². The second kappa shape index (κ2) is 6.69. The van der Waals surface area contributed by atoms with Crippen LogP contribution in [0.25, 0.3) is 28.1 Å². The summed E-state index contributed by atoms with van der Waals surface area (Å²) < 4.78 is 40.8. The van der Waals surface area contributed by atoms with Crippen LogP contribution in [0.5, 0.6) is 0 Å². The smallest absolute Gasteiger partial charge is 0.368 e. The zero-order valence-corrected chi connectivity index (χ0v) is 14.9. The van der Waals surface area contributed by atoms with Crippen LogP contribution < -0.4 is 11.4 Å². The Labute approximate surface area is 164 Å². The molecule has 0 bridgehead atoms. The molecular formula is C17H11F3N8O2. The molecule has 3 N–H and O–H groups in total. The van der Waals surface area contributed by atoms with Gasteiger partial charge in [-0.2, -0.15) is 23.5 Å². The number of fused-ring (bicyclic) bond motifs is 2. The number of pyridine rings is 1. The zero-order chi connectivity index (χ0) is 21.6. The van der Waals surface area contributed by atoms with E-state index in [4.69, 9.17) is 11.0 Å². The van der Waals surface area contributed by atoms with Crippen LogP contribution in [-0.2, 0) is 4.79 Å². The van der Waals surface area contributed by atoms with Crippen molar-refractivity contribution in [3.05, 3.63) is 46.8 Å². The number of alkyl halides is 3. The lowest BCUT2D eigenvalue weighted by Gasteiger charge is -2.16. The third-order valence-corrected chi connectivity index (χ3v) is 4.41. The standard InChI is InChI=1S/C17H11F3N8O2/c18-17(19,20)4-12(13(22)29)28-15-10(25-16(28)30)7-23-14(26-15)9-6-24-27-2-1-8(5-21)3-11(9)27/h1-3,6-7,12H,4H2,(H2,22,29)(H,25,30). The van der Waals surface area contributed by atoms with Crippen LogP contribution in [0.2, 0.25) is 0 Å². The molecule has 4 aromatic rings. The fraction of sp³-hybridized carbons (Fsp3) is 0.176. The third kappa shape index (κ3) is 3.24. The Morgan fingerprint density at radius 2 is 2.13 bits per heavy atom. The Morgan fingerprint density at radius 1 is 1.37 bits per heavy atom. The molecule has 0 spiro atoms. The highest BCUT2D eigenvalue weighted by atomic mass is 19.4. The van der Waals surface area contributed by atoms with Gasteiger partial charge in [0.25, 0.3) is 0 Å². The van der Waals surface area contributed by atoms with E-state index < -0.39 is 30.2 Å². The Hall–Kier alpha value is -4.21. The lowest BCUT2D eigenvalue weighted by atomic mass is 10.2. The summed E-state index contributed by atoms with van der Waals surface area (Å²) in [5, 5.41) is 13.2. The lowest BCUT2D eigenvalue weighted by molar-refractivity contribution is -0.151. The van der Waals surface area contributed by atoms with E-state index in [1.54, 1.807) is 12.3 Å². The first-order chi connectivity index (χ1) is 14.2. The fourth-order valence-electron chi connectivity index (χ4n) is 3.10. The van der Waals surface area contributed by atoms with Gasteiger partial charge in [0, 0.05) is 6.20 Å². The van der Waals surface area contributed by atoms with Crippen molar-refractivity contribution in [2.24, 2.45) is 5.73 Å². The van der Waals surface area contributed by atoms with Crippen molar-refractivity contribution < 1.29 is 18.0 Å². The third-order valence-electron chi connectivity index (χ3n) is 4.41. The molecule has 0 saturated carbocycles. The minimum absolute atomic E-state index is 0.0337. The van der Waals surface area contributed by atoms with Crippen LogP contribution in [0.1, 0.15) is 18.0 Å². The first-order valence-corrected chi connectivity index (χ1v) is 8.39. The van der Waals surface area contributed by atoms with E-state index in [-0.39, 0.29) is 17.0 Å². The Morgan fingerprint density at radius 3 is 2.80 bits per heavy atom. The Kier molecular flexibility index (Phi) is 4.27. The number of carbonyl (C=O) groups excluding carboxylic acids is 1. The quantitative estimate of drug-likeness (QED) is 0.512. The molecule has 152 valence electrons. The van der Waals surface area contributed by atoms with E-state index in [1.807, 2.05) is 6.07 Å². The number of nitrogens with one attached hydrogen (secondary N) is 1. The van der Waals surface area contributed by atoms with E-state index >= 15 is 0 Å². The predicted octanol–water partition coefficient (Wildman–Crippen LogP) is 1.28. The average molecular weight is 416 g/mol. The van der Waals surface area contributed by atoms with Crippen LogP contribution in [0.3, 0.4) is 0 Å². The zero-order valence-electron chi connectivity index (χ0n) is 14.9. The lowest BCUT2D eigenvalue weighted by Crippen LogP contribution is -2.35. The van der Waals surface area contributed by atoms with E-state index in [0.717, 1.165) is 0 Å². The number of hydrogen-bond donors (Lipinski definition) is 2. The van der Waals surface area contributed by atoms with E-state index in [9.17, 15) is 22.8 Å². The van der Waals surface area contributed by atoms with Gasteiger partial charge in [-0.05, 0) is 12.1 Å². The molecule has 4 aromatic heterocycles. The molecule has 0 fully saturated rings. The van der Waals surface area contributed by atoms with Crippen molar-refractivity contribution in [1.82, 2.24) is 29.1 Å². The monoisotopic (exact) mass is 416 g/mol. The van der Waals surface area contributed by atoms with Gasteiger partial charge >= 0.3 is 11.9 Å². The molecular weight excluding hydrogens is 405 g/mol. The fourth-order valence-corrected chi connectivity index (χ4v) is 3.10. The molecule has 1 amide bonds. The molecule has 4 rings (SSSR count). The molecule has 10 nitrogen and oxygen atoms in total. The number of aromatic amines is 1. The van der Waals surface area contributed by atoms with E-state index in [2.05, 4.69) is 20.1 Å². The number of carbonyl (C=O) groups is 1. The number of nitrogens with zero attached hydrogens (tertiary/aromatic N) is 6. The Bertz CT molecular complexity index is 1390. The van der Waals surface area contributed by atoms with Gasteiger partial charge in [0.15, 0.2) is 11.5 Å². The molecule has 30 heavy (non-hydrogen) atoms. The number of amides is 1. The SMILES string of the molecule is N#Cc1ccn2ncc(-c3ncc4[nH]c(=O)n(C(CC(F)(F)F)C(N)=O)c4n3)c2c1. The topological polar surface area (TPSA) is 148 Å². The maximum absolute atomic E-state index is 12.9. The van der Waals surface area contributed by atoms with Crippen LogP contribution in [-0.4, -0.2) is 41.2 Å². The Balaban J connectivity index is 1.92. The molecule has 1 unspecified atom stereocenters. The molecule has 0 aliphatic rings. The number of aromatic nitrogens is 6. The summed E-state index contributed by atoms with van der Waals surface area (Å²) >= 11 is 0. The maximum Gasteiger partial charge on any atom is 0.391 e. The largest absolute Gasteiger partial charge is 0.391 e. The normalized spacial score (nSPS) is 12.9. The molecule has 1 atom stereocenters. The molecule has 0 saturated heterocycles. The molecule has 13 heteroatoms. The average Bonchev–Trinajstić information content (AvgIpc) is 3.24. The van der Waals surface area contributed by atoms with Gasteiger partial charge in [0.05, 0.1) is 41.5 Å². The summed E-state index contributed by atoms with van der Waals surface area (Å²) in [5.74, 6) is -1.29. The van der Waals surface area contributed by atoms with Crippen LogP contribution in [0.4, 0.5) is 13.2 Å². The summed E-state index contributed by atoms with van der Waals surface area (Å²) in [7, 11) is 0. The summed E-state index contributed by atoms with van der Waals surface area (Å²) in [6.07, 6.45) is -2.20. The molecule has 0 aliphatic carbocycles. The molecule has 0 aromatic carbocycles. The van der Waals surface area contributed by atoms with Gasteiger partial charge < -0.3 is 10.7 Å². The van der Waals surface area contributed by atoms with Gasteiger partial charge in [0.1, 0.15) is 11.6 Å².